The van der Waals surface area contributed by atoms with E-state index in [0.29, 0.717) is 17.8 Å². The normalized spacial score (nSPS) is 16.0. The molecular formula is C18H19FN4O2. The van der Waals surface area contributed by atoms with E-state index in [1.54, 1.807) is 18.3 Å². The van der Waals surface area contributed by atoms with Gasteiger partial charge in [0.2, 0.25) is 11.8 Å². The van der Waals surface area contributed by atoms with E-state index in [1.165, 1.54) is 12.1 Å². The average Bonchev–Trinajstić information content (AvgIpc) is 2.58. The summed E-state index contributed by atoms with van der Waals surface area (Å²) in [6, 6.07) is 7.77. The lowest BCUT2D eigenvalue weighted by Gasteiger charge is -2.25. The van der Waals surface area contributed by atoms with Crippen molar-refractivity contribution in [1.29, 1.82) is 0 Å². The van der Waals surface area contributed by atoms with Gasteiger partial charge in [0.05, 0.1) is 5.92 Å². The number of anilines is 2. The number of nitrogens with zero attached hydrogens (tertiary/aromatic N) is 2. The van der Waals surface area contributed by atoms with Gasteiger partial charge in [-0.3, -0.25) is 9.59 Å². The molecule has 1 aromatic heterocycles. The minimum absolute atomic E-state index is 0.0397. The molecule has 0 radical (unpaired) electrons. The van der Waals surface area contributed by atoms with Crippen molar-refractivity contribution in [3.05, 3.63) is 53.5 Å². The Labute approximate surface area is 145 Å². The van der Waals surface area contributed by atoms with Gasteiger partial charge in [-0.2, -0.15) is 0 Å². The van der Waals surface area contributed by atoms with Crippen LogP contribution in [0.25, 0.3) is 0 Å². The van der Waals surface area contributed by atoms with E-state index in [9.17, 15) is 14.0 Å². The SMILES string of the molecule is CN(C)c1ncccc1CNC(=O)C1CC(=O)Nc2cc(F)ccc21. The van der Waals surface area contributed by atoms with Crippen LogP contribution in [0.2, 0.25) is 0 Å². The van der Waals surface area contributed by atoms with Gasteiger partial charge in [0.1, 0.15) is 11.6 Å². The lowest BCUT2D eigenvalue weighted by atomic mass is 9.89. The molecule has 130 valence electrons. The van der Waals surface area contributed by atoms with E-state index < -0.39 is 11.7 Å². The lowest BCUT2D eigenvalue weighted by Crippen LogP contribution is -2.35. The Morgan fingerprint density at radius 1 is 1.40 bits per heavy atom. The number of halogens is 1. The molecule has 2 N–H and O–H groups in total. The molecule has 1 atom stereocenters. The Hall–Kier alpha value is -2.96. The number of nitrogens with one attached hydrogen (secondary N) is 2. The second-order valence-electron chi connectivity index (χ2n) is 6.13. The summed E-state index contributed by atoms with van der Waals surface area (Å²) < 4.78 is 13.4. The zero-order valence-corrected chi connectivity index (χ0v) is 14.0. The van der Waals surface area contributed by atoms with Crippen molar-refractivity contribution in [2.45, 2.75) is 18.9 Å². The van der Waals surface area contributed by atoms with Crippen molar-refractivity contribution in [3.63, 3.8) is 0 Å². The third kappa shape index (κ3) is 3.60. The van der Waals surface area contributed by atoms with Gasteiger partial charge in [-0.25, -0.2) is 9.37 Å². The Morgan fingerprint density at radius 3 is 2.96 bits per heavy atom. The van der Waals surface area contributed by atoms with Gasteiger partial charge in [0, 0.05) is 44.5 Å². The number of hydrogen-bond donors (Lipinski definition) is 2. The zero-order valence-electron chi connectivity index (χ0n) is 14.0. The molecule has 7 heteroatoms. The number of hydrogen-bond acceptors (Lipinski definition) is 4. The number of pyridine rings is 1. The van der Waals surface area contributed by atoms with Crippen molar-refractivity contribution < 1.29 is 14.0 Å². The second-order valence-corrected chi connectivity index (χ2v) is 6.13. The number of carbonyl (C=O) groups is 2. The lowest BCUT2D eigenvalue weighted by molar-refractivity contribution is -0.126. The predicted octanol–water partition coefficient (Wildman–Crippen LogP) is 2.03. The molecule has 2 heterocycles. The quantitative estimate of drug-likeness (QED) is 0.892. The monoisotopic (exact) mass is 342 g/mol. The smallest absolute Gasteiger partial charge is 0.228 e. The highest BCUT2D eigenvalue weighted by Gasteiger charge is 2.30. The number of amides is 2. The highest BCUT2D eigenvalue weighted by atomic mass is 19.1. The molecule has 25 heavy (non-hydrogen) atoms. The first kappa shape index (κ1) is 16.9. The molecule has 6 nitrogen and oxygen atoms in total. The molecule has 0 aliphatic carbocycles. The predicted molar refractivity (Wildman–Crippen MR) is 92.8 cm³/mol. The van der Waals surface area contributed by atoms with Crippen molar-refractivity contribution >= 4 is 23.3 Å². The van der Waals surface area contributed by atoms with Crippen LogP contribution >= 0.6 is 0 Å². The number of rotatable bonds is 4. The van der Waals surface area contributed by atoms with Crippen LogP contribution < -0.4 is 15.5 Å². The van der Waals surface area contributed by atoms with Crippen LogP contribution in [0, 0.1) is 5.82 Å². The third-order valence-electron chi connectivity index (χ3n) is 4.12. The first-order chi connectivity index (χ1) is 12.0. The zero-order chi connectivity index (χ0) is 18.0. The van der Waals surface area contributed by atoms with Gasteiger partial charge in [0.15, 0.2) is 0 Å². The maximum atomic E-state index is 13.4. The molecule has 1 unspecified atom stereocenters. The van der Waals surface area contributed by atoms with Crippen molar-refractivity contribution in [2.75, 3.05) is 24.3 Å². The standard InChI is InChI=1S/C18H19FN4O2/c1-23(2)17-11(4-3-7-20-17)10-21-18(25)14-9-16(24)22-15-8-12(19)5-6-13(14)15/h3-8,14H,9-10H2,1-2H3,(H,21,25)(H,22,24). The fraction of sp³-hybridized carbons (Fsp3) is 0.278. The van der Waals surface area contributed by atoms with Crippen molar-refractivity contribution in [1.82, 2.24) is 10.3 Å². The summed E-state index contributed by atoms with van der Waals surface area (Å²) >= 11 is 0. The largest absolute Gasteiger partial charge is 0.362 e. The van der Waals surface area contributed by atoms with Crippen LogP contribution in [0.4, 0.5) is 15.9 Å². The Kier molecular flexibility index (Phi) is 4.65. The number of fused-ring (bicyclic) bond motifs is 1. The van der Waals surface area contributed by atoms with Crippen LogP contribution in [-0.2, 0) is 16.1 Å². The van der Waals surface area contributed by atoms with Crippen LogP contribution in [0.3, 0.4) is 0 Å². The highest BCUT2D eigenvalue weighted by Crippen LogP contribution is 2.33. The van der Waals surface area contributed by atoms with Gasteiger partial charge >= 0.3 is 0 Å². The first-order valence-electron chi connectivity index (χ1n) is 7.94. The number of carbonyl (C=O) groups excluding carboxylic acids is 2. The van der Waals surface area contributed by atoms with Crippen LogP contribution in [0.5, 0.6) is 0 Å². The van der Waals surface area contributed by atoms with Gasteiger partial charge in [0.25, 0.3) is 0 Å². The Balaban J connectivity index is 1.78. The molecule has 2 amide bonds. The molecule has 0 bridgehead atoms. The summed E-state index contributed by atoms with van der Waals surface area (Å²) in [7, 11) is 3.76. The average molecular weight is 342 g/mol. The Bertz CT molecular complexity index is 822. The fourth-order valence-corrected chi connectivity index (χ4v) is 2.95. The molecule has 3 rings (SSSR count). The van der Waals surface area contributed by atoms with E-state index in [1.807, 2.05) is 25.1 Å². The third-order valence-corrected chi connectivity index (χ3v) is 4.12. The minimum atomic E-state index is -0.635. The van der Waals surface area contributed by atoms with Crippen molar-refractivity contribution in [3.8, 4) is 0 Å². The summed E-state index contributed by atoms with van der Waals surface area (Å²) in [5, 5.41) is 5.47. The molecule has 0 spiro atoms. The summed E-state index contributed by atoms with van der Waals surface area (Å²) in [6.45, 7) is 0.300. The Morgan fingerprint density at radius 2 is 2.20 bits per heavy atom. The van der Waals surface area contributed by atoms with E-state index in [-0.39, 0.29) is 18.2 Å². The molecule has 2 aromatic rings. The molecule has 1 aromatic carbocycles. The molecule has 0 saturated heterocycles. The first-order valence-corrected chi connectivity index (χ1v) is 7.94. The number of aromatic nitrogens is 1. The second kappa shape index (κ2) is 6.88. The minimum Gasteiger partial charge on any atom is -0.362 e. The summed E-state index contributed by atoms with van der Waals surface area (Å²) in [5.41, 5.74) is 1.85. The maximum Gasteiger partial charge on any atom is 0.228 e. The van der Waals surface area contributed by atoms with E-state index in [2.05, 4.69) is 15.6 Å². The fourth-order valence-electron chi connectivity index (χ4n) is 2.95. The summed E-state index contributed by atoms with van der Waals surface area (Å²) in [5.74, 6) is -0.883. The summed E-state index contributed by atoms with van der Waals surface area (Å²) in [6.07, 6.45) is 1.73. The molecule has 1 aliphatic heterocycles. The summed E-state index contributed by atoms with van der Waals surface area (Å²) in [4.78, 5) is 30.6. The van der Waals surface area contributed by atoms with Gasteiger partial charge < -0.3 is 15.5 Å². The van der Waals surface area contributed by atoms with Crippen molar-refractivity contribution in [2.24, 2.45) is 0 Å². The van der Waals surface area contributed by atoms with Crippen LogP contribution in [0.1, 0.15) is 23.5 Å². The highest BCUT2D eigenvalue weighted by molar-refractivity contribution is 6.01. The van der Waals surface area contributed by atoms with Crippen LogP contribution in [0.15, 0.2) is 36.5 Å². The molecule has 0 saturated carbocycles. The molecular weight excluding hydrogens is 323 g/mol. The van der Waals surface area contributed by atoms with Gasteiger partial charge in [-0.05, 0) is 23.8 Å². The molecule has 0 fully saturated rings. The van der Waals surface area contributed by atoms with Crippen LogP contribution in [-0.4, -0.2) is 30.9 Å². The van der Waals surface area contributed by atoms with Gasteiger partial charge in [-0.1, -0.05) is 12.1 Å². The number of benzene rings is 1. The van der Waals surface area contributed by atoms with E-state index in [4.69, 9.17) is 0 Å². The maximum absolute atomic E-state index is 13.4. The van der Waals surface area contributed by atoms with Gasteiger partial charge in [-0.15, -0.1) is 0 Å². The molecule has 1 aliphatic rings. The van der Waals surface area contributed by atoms with E-state index >= 15 is 0 Å². The topological polar surface area (TPSA) is 74.3 Å². The van der Waals surface area contributed by atoms with E-state index in [0.717, 1.165) is 11.4 Å².